The molecule has 0 saturated heterocycles. The predicted molar refractivity (Wildman–Crippen MR) is 134 cm³/mol. The Balaban J connectivity index is 1.31. The van der Waals surface area contributed by atoms with Gasteiger partial charge < -0.3 is 19.4 Å². The quantitative estimate of drug-likeness (QED) is 0.314. The highest BCUT2D eigenvalue weighted by atomic mass is 16.5. The van der Waals surface area contributed by atoms with Crippen LogP contribution in [0.5, 0.6) is 11.5 Å². The molecule has 0 atom stereocenters. The van der Waals surface area contributed by atoms with Crippen LogP contribution in [-0.2, 0) is 17.9 Å². The molecule has 176 valence electrons. The van der Waals surface area contributed by atoms with E-state index in [0.717, 1.165) is 47.6 Å². The van der Waals surface area contributed by atoms with Crippen LogP contribution in [-0.4, -0.2) is 28.7 Å². The van der Waals surface area contributed by atoms with Crippen molar-refractivity contribution in [2.75, 3.05) is 13.2 Å². The van der Waals surface area contributed by atoms with Crippen LogP contribution in [0.3, 0.4) is 0 Å². The van der Waals surface area contributed by atoms with E-state index in [9.17, 15) is 4.79 Å². The summed E-state index contributed by atoms with van der Waals surface area (Å²) in [6.45, 7) is 5.94. The number of amides is 1. The van der Waals surface area contributed by atoms with E-state index in [0.29, 0.717) is 18.9 Å². The van der Waals surface area contributed by atoms with Crippen LogP contribution >= 0.6 is 0 Å². The number of carbonyl (C=O) groups excluding carboxylic acids is 1. The fourth-order valence-electron chi connectivity index (χ4n) is 3.82. The van der Waals surface area contributed by atoms with E-state index in [-0.39, 0.29) is 12.5 Å². The first-order chi connectivity index (χ1) is 16.6. The molecule has 0 aliphatic carbocycles. The molecule has 1 amide bonds. The van der Waals surface area contributed by atoms with Crippen molar-refractivity contribution in [3.8, 4) is 11.5 Å². The topological polar surface area (TPSA) is 65.4 Å². The van der Waals surface area contributed by atoms with Gasteiger partial charge in [0.15, 0.2) is 6.61 Å². The van der Waals surface area contributed by atoms with E-state index >= 15 is 0 Å². The van der Waals surface area contributed by atoms with Crippen LogP contribution in [0, 0.1) is 13.8 Å². The number of nitrogens with zero attached hydrogens (tertiary/aromatic N) is 2. The van der Waals surface area contributed by atoms with Crippen molar-refractivity contribution in [1.29, 1.82) is 0 Å². The van der Waals surface area contributed by atoms with Gasteiger partial charge in [-0.15, -0.1) is 0 Å². The molecular weight excluding hydrogens is 426 g/mol. The molecule has 6 nitrogen and oxygen atoms in total. The number of rotatable bonds is 11. The molecule has 0 aliphatic heterocycles. The summed E-state index contributed by atoms with van der Waals surface area (Å²) in [5.41, 5.74) is 4.36. The zero-order chi connectivity index (χ0) is 23.8. The van der Waals surface area contributed by atoms with Crippen LogP contribution in [0.4, 0.5) is 0 Å². The van der Waals surface area contributed by atoms with Gasteiger partial charge in [0.2, 0.25) is 0 Å². The molecule has 34 heavy (non-hydrogen) atoms. The number of unbranched alkanes of at least 4 members (excludes halogenated alkanes) is 1. The highest BCUT2D eigenvalue weighted by molar-refractivity contribution is 5.78. The first-order valence-corrected chi connectivity index (χ1v) is 11.7. The summed E-state index contributed by atoms with van der Waals surface area (Å²) < 4.78 is 13.7. The van der Waals surface area contributed by atoms with Gasteiger partial charge in [-0.3, -0.25) is 4.79 Å². The lowest BCUT2D eigenvalue weighted by Gasteiger charge is -2.12. The summed E-state index contributed by atoms with van der Waals surface area (Å²) in [6, 6.07) is 23.7. The molecule has 6 heteroatoms. The number of ether oxygens (including phenoxy) is 2. The minimum Gasteiger partial charge on any atom is -0.493 e. The van der Waals surface area contributed by atoms with E-state index < -0.39 is 0 Å². The Hall–Kier alpha value is -3.80. The number of aromatic nitrogens is 2. The van der Waals surface area contributed by atoms with Crippen molar-refractivity contribution in [3.05, 3.63) is 89.7 Å². The maximum atomic E-state index is 12.3. The molecular formula is C28H31N3O3. The number of hydrogen-bond donors (Lipinski definition) is 1. The molecule has 4 aromatic rings. The average Bonchev–Trinajstić information content (AvgIpc) is 3.21. The number of aryl methyl sites for hydroxylation is 3. The predicted octanol–water partition coefficient (Wildman–Crippen LogP) is 5.21. The third kappa shape index (κ3) is 6.16. The number of imidazole rings is 1. The second-order valence-electron chi connectivity index (χ2n) is 8.37. The SMILES string of the molecule is Cc1ccc(C)c(OCCCCn2c(CNC(=O)COc3ccccc3)nc3ccccc32)c1. The molecule has 3 aromatic carbocycles. The molecule has 1 N–H and O–H groups in total. The standard InChI is InChI=1S/C28H31N3O3/c1-21-14-15-22(2)26(18-21)33-17-9-8-16-31-25-13-7-6-12-24(25)30-27(31)19-29-28(32)20-34-23-10-4-3-5-11-23/h3-7,10-15,18H,8-9,16-17,19-20H2,1-2H3,(H,29,32). The highest BCUT2D eigenvalue weighted by Gasteiger charge is 2.12. The van der Waals surface area contributed by atoms with Crippen LogP contribution in [0.15, 0.2) is 72.8 Å². The molecule has 0 bridgehead atoms. The molecule has 0 radical (unpaired) electrons. The zero-order valence-electron chi connectivity index (χ0n) is 19.8. The average molecular weight is 458 g/mol. The van der Waals surface area contributed by atoms with Crippen molar-refractivity contribution in [3.63, 3.8) is 0 Å². The maximum Gasteiger partial charge on any atom is 0.258 e. The fraction of sp³-hybridized carbons (Fsp3) is 0.286. The molecule has 0 unspecified atom stereocenters. The van der Waals surface area contributed by atoms with Crippen LogP contribution in [0.25, 0.3) is 11.0 Å². The van der Waals surface area contributed by atoms with Crippen molar-refractivity contribution >= 4 is 16.9 Å². The Labute approximate surface area is 200 Å². The third-order valence-electron chi connectivity index (χ3n) is 5.67. The van der Waals surface area contributed by atoms with E-state index in [1.165, 1.54) is 5.56 Å². The summed E-state index contributed by atoms with van der Waals surface area (Å²) >= 11 is 0. The minimum absolute atomic E-state index is 0.0278. The lowest BCUT2D eigenvalue weighted by molar-refractivity contribution is -0.123. The van der Waals surface area contributed by atoms with E-state index in [1.54, 1.807) is 0 Å². The number of para-hydroxylation sites is 3. The fourth-order valence-corrected chi connectivity index (χ4v) is 3.82. The Kier molecular flexibility index (Phi) is 7.81. The molecule has 0 spiro atoms. The number of carbonyl (C=O) groups is 1. The minimum atomic E-state index is -0.176. The lowest BCUT2D eigenvalue weighted by Crippen LogP contribution is -2.29. The van der Waals surface area contributed by atoms with Gasteiger partial charge in [-0.1, -0.05) is 42.5 Å². The van der Waals surface area contributed by atoms with Crippen molar-refractivity contribution in [2.45, 2.75) is 39.8 Å². The van der Waals surface area contributed by atoms with Crippen molar-refractivity contribution in [1.82, 2.24) is 14.9 Å². The first-order valence-electron chi connectivity index (χ1n) is 11.7. The Bertz CT molecular complexity index is 1230. The largest absolute Gasteiger partial charge is 0.493 e. The summed E-state index contributed by atoms with van der Waals surface area (Å²) in [6.07, 6.45) is 1.87. The summed E-state index contributed by atoms with van der Waals surface area (Å²) in [5, 5.41) is 2.93. The molecule has 0 saturated carbocycles. The Morgan fingerprint density at radius 2 is 1.74 bits per heavy atom. The van der Waals surface area contributed by atoms with E-state index in [4.69, 9.17) is 14.5 Å². The van der Waals surface area contributed by atoms with Crippen molar-refractivity contribution < 1.29 is 14.3 Å². The zero-order valence-corrected chi connectivity index (χ0v) is 19.8. The first kappa shape index (κ1) is 23.4. The van der Waals surface area contributed by atoms with Gasteiger partial charge in [-0.05, 0) is 68.1 Å². The number of hydrogen-bond acceptors (Lipinski definition) is 4. The monoisotopic (exact) mass is 457 g/mol. The van der Waals surface area contributed by atoms with Crippen LogP contribution < -0.4 is 14.8 Å². The third-order valence-corrected chi connectivity index (χ3v) is 5.67. The van der Waals surface area contributed by atoms with Gasteiger partial charge in [0.25, 0.3) is 5.91 Å². The van der Waals surface area contributed by atoms with Crippen LogP contribution in [0.1, 0.15) is 29.8 Å². The summed E-state index contributed by atoms with van der Waals surface area (Å²) in [5.74, 6) is 2.29. The van der Waals surface area contributed by atoms with E-state index in [1.807, 2.05) is 48.5 Å². The van der Waals surface area contributed by atoms with Gasteiger partial charge >= 0.3 is 0 Å². The van der Waals surface area contributed by atoms with Gasteiger partial charge in [0.05, 0.1) is 24.2 Å². The highest BCUT2D eigenvalue weighted by Crippen LogP contribution is 2.20. The van der Waals surface area contributed by atoms with Gasteiger partial charge in [-0.25, -0.2) is 4.98 Å². The smallest absolute Gasteiger partial charge is 0.258 e. The Morgan fingerprint density at radius 3 is 2.59 bits per heavy atom. The van der Waals surface area contributed by atoms with Crippen LogP contribution in [0.2, 0.25) is 0 Å². The lowest BCUT2D eigenvalue weighted by atomic mass is 10.1. The van der Waals surface area contributed by atoms with E-state index in [2.05, 4.69) is 48.0 Å². The maximum absolute atomic E-state index is 12.3. The normalized spacial score (nSPS) is 10.9. The van der Waals surface area contributed by atoms with Gasteiger partial charge in [-0.2, -0.15) is 0 Å². The van der Waals surface area contributed by atoms with Crippen molar-refractivity contribution in [2.24, 2.45) is 0 Å². The molecule has 0 aliphatic rings. The summed E-state index contributed by atoms with van der Waals surface area (Å²) in [4.78, 5) is 17.1. The number of fused-ring (bicyclic) bond motifs is 1. The molecule has 0 fully saturated rings. The second kappa shape index (κ2) is 11.4. The van der Waals surface area contributed by atoms with Gasteiger partial charge in [0, 0.05) is 6.54 Å². The molecule has 1 heterocycles. The molecule has 1 aromatic heterocycles. The summed E-state index contributed by atoms with van der Waals surface area (Å²) in [7, 11) is 0. The van der Waals surface area contributed by atoms with Gasteiger partial charge in [0.1, 0.15) is 17.3 Å². The second-order valence-corrected chi connectivity index (χ2v) is 8.37. The molecule has 4 rings (SSSR count). The number of benzene rings is 3. The Morgan fingerprint density at radius 1 is 0.941 bits per heavy atom. The number of nitrogens with one attached hydrogen (secondary N) is 1.